The fourth-order valence-electron chi connectivity index (χ4n) is 5.58. The first-order valence-electron chi connectivity index (χ1n) is 11.2. The van der Waals surface area contributed by atoms with Crippen LogP contribution in [0.4, 0.5) is 10.1 Å². The number of hydrogen-bond acceptors (Lipinski definition) is 5. The van der Waals surface area contributed by atoms with E-state index < -0.39 is 15.6 Å². The number of piperidine rings is 2. The molecule has 4 rings (SSSR count). The number of rotatable bonds is 4. The number of likely N-dealkylation sites (tertiary alicyclic amines) is 1. The zero-order valence-corrected chi connectivity index (χ0v) is 18.7. The molecule has 0 aliphatic carbocycles. The van der Waals surface area contributed by atoms with Gasteiger partial charge in [0, 0.05) is 44.0 Å². The van der Waals surface area contributed by atoms with E-state index >= 15 is 0 Å². The summed E-state index contributed by atoms with van der Waals surface area (Å²) in [6.45, 7) is 3.61. The fourth-order valence-corrected chi connectivity index (χ4v) is 6.78. The molecule has 3 heterocycles. The standard InChI is InChI=1S/C22H34FN3O3S/c1-30(28,29)26-14-3-2-5-20-21(26)6-4-13-25(20)17-22(27)11-15-24(16-12-22)19-9-7-18(23)8-10-19/h7-10,20-21,27H,2-6,11-17H2,1H3/t20-,21-/m1/s1. The Morgan fingerprint density at radius 1 is 1.00 bits per heavy atom. The topological polar surface area (TPSA) is 64.1 Å². The van der Waals surface area contributed by atoms with Crippen molar-refractivity contribution in [1.29, 1.82) is 0 Å². The molecule has 1 aromatic rings. The highest BCUT2D eigenvalue weighted by atomic mass is 32.2. The van der Waals surface area contributed by atoms with Crippen LogP contribution < -0.4 is 4.90 Å². The Hall–Kier alpha value is -1.22. The van der Waals surface area contributed by atoms with E-state index in [1.165, 1.54) is 18.4 Å². The Labute approximate surface area is 179 Å². The number of halogens is 1. The summed E-state index contributed by atoms with van der Waals surface area (Å²) in [5.41, 5.74) is 0.227. The number of aliphatic hydroxyl groups is 1. The number of hydrogen-bond donors (Lipinski definition) is 1. The van der Waals surface area contributed by atoms with Gasteiger partial charge in [-0.3, -0.25) is 4.90 Å². The average molecular weight is 440 g/mol. The van der Waals surface area contributed by atoms with Crippen molar-refractivity contribution >= 4 is 15.7 Å². The number of β-amino-alcohol motifs (C(OH)–C–C–N with tert-alkyl or cyclic N) is 1. The minimum absolute atomic E-state index is 0.0270. The summed E-state index contributed by atoms with van der Waals surface area (Å²) in [6.07, 6.45) is 7.45. The van der Waals surface area contributed by atoms with Crippen LogP contribution in [0.25, 0.3) is 0 Å². The van der Waals surface area contributed by atoms with Crippen molar-refractivity contribution in [3.05, 3.63) is 30.1 Å². The Kier molecular flexibility index (Phi) is 6.40. The van der Waals surface area contributed by atoms with E-state index in [1.807, 2.05) is 0 Å². The molecule has 30 heavy (non-hydrogen) atoms. The summed E-state index contributed by atoms with van der Waals surface area (Å²) in [5.74, 6) is -0.238. The minimum Gasteiger partial charge on any atom is -0.388 e. The highest BCUT2D eigenvalue weighted by Crippen LogP contribution is 2.34. The van der Waals surface area contributed by atoms with E-state index in [2.05, 4.69) is 9.80 Å². The first kappa shape index (κ1) is 22.0. The average Bonchev–Trinajstić information content (AvgIpc) is 2.93. The lowest BCUT2D eigenvalue weighted by molar-refractivity contribution is -0.0436. The molecule has 0 radical (unpaired) electrons. The van der Waals surface area contributed by atoms with Gasteiger partial charge in [-0.25, -0.2) is 12.8 Å². The number of benzene rings is 1. The van der Waals surface area contributed by atoms with Gasteiger partial charge in [-0.2, -0.15) is 4.31 Å². The second-order valence-electron chi connectivity index (χ2n) is 9.30. The Morgan fingerprint density at radius 2 is 1.67 bits per heavy atom. The van der Waals surface area contributed by atoms with E-state index in [9.17, 15) is 17.9 Å². The number of anilines is 1. The smallest absolute Gasteiger partial charge is 0.211 e. The van der Waals surface area contributed by atoms with E-state index in [-0.39, 0.29) is 17.9 Å². The third-order valence-corrected chi connectivity index (χ3v) is 8.47. The van der Waals surface area contributed by atoms with Crippen molar-refractivity contribution in [3.8, 4) is 0 Å². The predicted molar refractivity (Wildman–Crippen MR) is 117 cm³/mol. The van der Waals surface area contributed by atoms with Crippen molar-refractivity contribution in [1.82, 2.24) is 9.21 Å². The van der Waals surface area contributed by atoms with Crippen LogP contribution in [0.5, 0.6) is 0 Å². The molecule has 3 aliphatic rings. The van der Waals surface area contributed by atoms with E-state index in [1.54, 1.807) is 16.4 Å². The molecule has 0 amide bonds. The summed E-state index contributed by atoms with van der Waals surface area (Å²) < 4.78 is 39.7. The van der Waals surface area contributed by atoms with Crippen molar-refractivity contribution < 1.29 is 17.9 Å². The Balaban J connectivity index is 1.42. The van der Waals surface area contributed by atoms with Crippen LogP contribution in [-0.2, 0) is 10.0 Å². The quantitative estimate of drug-likeness (QED) is 0.781. The fraction of sp³-hybridized carbons (Fsp3) is 0.727. The molecule has 3 aliphatic heterocycles. The molecule has 0 spiro atoms. The molecule has 0 aromatic heterocycles. The molecular formula is C22H34FN3O3S. The molecule has 0 bridgehead atoms. The van der Waals surface area contributed by atoms with E-state index in [0.717, 1.165) is 57.4 Å². The normalized spacial score (nSPS) is 28.7. The van der Waals surface area contributed by atoms with Gasteiger partial charge in [0.1, 0.15) is 5.82 Å². The minimum atomic E-state index is -3.22. The van der Waals surface area contributed by atoms with Crippen LogP contribution in [0, 0.1) is 5.82 Å². The summed E-state index contributed by atoms with van der Waals surface area (Å²) in [4.78, 5) is 4.56. The van der Waals surface area contributed by atoms with Gasteiger partial charge in [-0.05, 0) is 69.3 Å². The highest BCUT2D eigenvalue weighted by Gasteiger charge is 2.43. The van der Waals surface area contributed by atoms with Crippen molar-refractivity contribution in [2.45, 2.75) is 62.6 Å². The van der Waals surface area contributed by atoms with Crippen molar-refractivity contribution in [2.24, 2.45) is 0 Å². The van der Waals surface area contributed by atoms with Gasteiger partial charge in [-0.1, -0.05) is 6.42 Å². The maximum atomic E-state index is 13.2. The summed E-state index contributed by atoms with van der Waals surface area (Å²) >= 11 is 0. The SMILES string of the molecule is CS(=O)(=O)N1CCCC[C@@H]2[C@H]1CCCN2CC1(O)CCN(c2ccc(F)cc2)CC1. The molecule has 3 saturated heterocycles. The second-order valence-corrected chi connectivity index (χ2v) is 11.2. The summed E-state index contributed by atoms with van der Waals surface area (Å²) in [5, 5.41) is 11.4. The Bertz CT molecular complexity index is 825. The van der Waals surface area contributed by atoms with Crippen molar-refractivity contribution in [3.63, 3.8) is 0 Å². The van der Waals surface area contributed by atoms with Gasteiger partial charge in [-0.15, -0.1) is 0 Å². The summed E-state index contributed by atoms with van der Waals surface area (Å²) in [6, 6.07) is 6.75. The third kappa shape index (κ3) is 4.82. The van der Waals surface area contributed by atoms with E-state index in [0.29, 0.717) is 25.9 Å². The van der Waals surface area contributed by atoms with Gasteiger partial charge in [0.2, 0.25) is 10.0 Å². The third-order valence-electron chi connectivity index (χ3n) is 7.17. The molecule has 8 heteroatoms. The number of fused-ring (bicyclic) bond motifs is 1. The van der Waals surface area contributed by atoms with Gasteiger partial charge >= 0.3 is 0 Å². The van der Waals surface area contributed by atoms with Gasteiger partial charge in [0.05, 0.1) is 11.9 Å². The first-order chi connectivity index (χ1) is 14.3. The maximum Gasteiger partial charge on any atom is 0.211 e. The van der Waals surface area contributed by atoms with Gasteiger partial charge < -0.3 is 10.0 Å². The van der Waals surface area contributed by atoms with Gasteiger partial charge in [0.15, 0.2) is 0 Å². The lowest BCUT2D eigenvalue weighted by Crippen LogP contribution is -2.60. The molecule has 1 N–H and O–H groups in total. The monoisotopic (exact) mass is 439 g/mol. The highest BCUT2D eigenvalue weighted by molar-refractivity contribution is 7.88. The first-order valence-corrected chi connectivity index (χ1v) is 13.0. The molecule has 3 fully saturated rings. The van der Waals surface area contributed by atoms with Crippen molar-refractivity contribution in [2.75, 3.05) is 43.9 Å². The Morgan fingerprint density at radius 3 is 2.33 bits per heavy atom. The van der Waals surface area contributed by atoms with Crippen LogP contribution in [0.3, 0.4) is 0 Å². The van der Waals surface area contributed by atoms with Crippen LogP contribution in [0.15, 0.2) is 24.3 Å². The zero-order chi connectivity index (χ0) is 21.4. The molecule has 2 atom stereocenters. The van der Waals surface area contributed by atoms with Crippen LogP contribution in [0.2, 0.25) is 0 Å². The van der Waals surface area contributed by atoms with Crippen LogP contribution in [-0.4, -0.2) is 79.4 Å². The lowest BCUT2D eigenvalue weighted by Gasteiger charge is -2.48. The van der Waals surface area contributed by atoms with Crippen LogP contribution in [0.1, 0.15) is 44.9 Å². The predicted octanol–water partition coefficient (Wildman–Crippen LogP) is 2.44. The summed E-state index contributed by atoms with van der Waals surface area (Å²) in [7, 11) is -3.22. The zero-order valence-electron chi connectivity index (χ0n) is 17.8. The second kappa shape index (κ2) is 8.73. The number of nitrogens with zero attached hydrogens (tertiary/aromatic N) is 3. The molecular weight excluding hydrogens is 405 g/mol. The van der Waals surface area contributed by atoms with Gasteiger partial charge in [0.25, 0.3) is 0 Å². The number of sulfonamides is 1. The maximum absolute atomic E-state index is 13.2. The molecule has 168 valence electrons. The van der Waals surface area contributed by atoms with Crippen LogP contribution >= 0.6 is 0 Å². The lowest BCUT2D eigenvalue weighted by atomic mass is 9.87. The molecule has 1 aromatic carbocycles. The van der Waals surface area contributed by atoms with E-state index in [4.69, 9.17) is 0 Å². The molecule has 0 unspecified atom stereocenters. The molecule has 6 nitrogen and oxygen atoms in total. The largest absolute Gasteiger partial charge is 0.388 e. The molecule has 0 saturated carbocycles.